The number of carbonyl (C=O) groups excluding carboxylic acids is 1. The van der Waals surface area contributed by atoms with E-state index in [4.69, 9.17) is 4.74 Å². The highest BCUT2D eigenvalue weighted by atomic mass is 19.1. The second kappa shape index (κ2) is 9.03. The lowest BCUT2D eigenvalue weighted by atomic mass is 9.88. The first kappa shape index (κ1) is 23.6. The topological polar surface area (TPSA) is 50.6 Å². The number of hydrogen-bond donors (Lipinski definition) is 0. The summed E-state index contributed by atoms with van der Waals surface area (Å²) >= 11 is 0. The molecule has 0 N–H and O–H groups in total. The van der Waals surface area contributed by atoms with Gasteiger partial charge in [0.05, 0.1) is 30.6 Å². The van der Waals surface area contributed by atoms with Crippen molar-refractivity contribution in [2.24, 2.45) is 11.8 Å². The minimum atomic E-state index is -0.260. The SMILES string of the molecule is Cc1cc2c(cnn2-c2ccc(F)cc2)cc1[C@]12CN(C(=O)c3ccccc3)C[C@H]1[C@@H]2CN1CCOCC1. The van der Waals surface area contributed by atoms with Crippen LogP contribution in [0.4, 0.5) is 4.39 Å². The van der Waals surface area contributed by atoms with Gasteiger partial charge in [-0.3, -0.25) is 9.69 Å². The van der Waals surface area contributed by atoms with Crippen molar-refractivity contribution in [1.82, 2.24) is 19.6 Å². The summed E-state index contributed by atoms with van der Waals surface area (Å²) in [6.45, 7) is 8.24. The Morgan fingerprint density at radius 3 is 2.61 bits per heavy atom. The number of rotatable bonds is 5. The predicted molar refractivity (Wildman–Crippen MR) is 144 cm³/mol. The summed E-state index contributed by atoms with van der Waals surface area (Å²) in [5.41, 5.74) is 5.08. The Kier molecular flexibility index (Phi) is 5.60. The van der Waals surface area contributed by atoms with Gasteiger partial charge in [0, 0.05) is 49.1 Å². The molecule has 3 aliphatic rings. The third-order valence-corrected chi connectivity index (χ3v) is 8.92. The number of carbonyl (C=O) groups is 1. The molecule has 1 aliphatic carbocycles. The molecule has 3 atom stereocenters. The largest absolute Gasteiger partial charge is 0.379 e. The maximum absolute atomic E-state index is 13.5. The lowest BCUT2D eigenvalue weighted by molar-refractivity contribution is 0.0328. The Balaban J connectivity index is 1.25. The van der Waals surface area contributed by atoms with Crippen molar-refractivity contribution in [3.8, 4) is 5.69 Å². The van der Waals surface area contributed by atoms with Gasteiger partial charge in [-0.1, -0.05) is 18.2 Å². The summed E-state index contributed by atoms with van der Waals surface area (Å²) in [6.07, 6.45) is 1.90. The molecule has 0 bridgehead atoms. The monoisotopic (exact) mass is 510 g/mol. The number of piperidine rings is 1. The first-order valence-electron chi connectivity index (χ1n) is 13.4. The van der Waals surface area contributed by atoms with Crippen LogP contribution in [0, 0.1) is 24.6 Å². The Hall–Kier alpha value is -3.55. The van der Waals surface area contributed by atoms with E-state index in [0.29, 0.717) is 11.8 Å². The summed E-state index contributed by atoms with van der Waals surface area (Å²) in [5.74, 6) is 0.792. The normalized spacial score (nSPS) is 25.1. The first-order chi connectivity index (χ1) is 18.5. The van der Waals surface area contributed by atoms with E-state index in [1.54, 1.807) is 12.1 Å². The molecule has 4 aromatic rings. The lowest BCUT2D eigenvalue weighted by Crippen LogP contribution is -2.41. The second-order valence-corrected chi connectivity index (χ2v) is 11.0. The van der Waals surface area contributed by atoms with Crippen molar-refractivity contribution in [1.29, 1.82) is 0 Å². The zero-order valence-electron chi connectivity index (χ0n) is 21.5. The number of ether oxygens (including phenoxy) is 1. The van der Waals surface area contributed by atoms with E-state index in [-0.39, 0.29) is 17.1 Å². The fourth-order valence-corrected chi connectivity index (χ4v) is 6.97. The van der Waals surface area contributed by atoms with Gasteiger partial charge in [0.2, 0.25) is 0 Å². The van der Waals surface area contributed by atoms with E-state index in [9.17, 15) is 9.18 Å². The second-order valence-electron chi connectivity index (χ2n) is 11.0. The van der Waals surface area contributed by atoms with Crippen LogP contribution in [-0.2, 0) is 10.2 Å². The summed E-state index contributed by atoms with van der Waals surface area (Å²) in [4.78, 5) is 18.0. The quantitative estimate of drug-likeness (QED) is 0.398. The fraction of sp³-hybridized carbons (Fsp3) is 0.355. The molecule has 2 aliphatic heterocycles. The van der Waals surface area contributed by atoms with Crippen LogP contribution in [-0.4, -0.2) is 71.4 Å². The molecular formula is C31H31FN4O2. The summed E-state index contributed by atoms with van der Waals surface area (Å²) in [7, 11) is 0. The van der Waals surface area contributed by atoms with Crippen LogP contribution < -0.4 is 0 Å². The number of hydrogen-bond acceptors (Lipinski definition) is 4. The van der Waals surface area contributed by atoms with Gasteiger partial charge in [-0.05, 0) is 78.4 Å². The van der Waals surface area contributed by atoms with Crippen LogP contribution >= 0.6 is 0 Å². The van der Waals surface area contributed by atoms with Gasteiger partial charge in [-0.25, -0.2) is 9.07 Å². The summed E-state index contributed by atoms with van der Waals surface area (Å²) in [6, 6.07) is 20.6. The van der Waals surface area contributed by atoms with Gasteiger partial charge < -0.3 is 9.64 Å². The number of nitrogens with zero attached hydrogens (tertiary/aromatic N) is 4. The molecule has 1 saturated carbocycles. The van der Waals surface area contributed by atoms with E-state index >= 15 is 0 Å². The van der Waals surface area contributed by atoms with Crippen molar-refractivity contribution in [2.75, 3.05) is 45.9 Å². The van der Waals surface area contributed by atoms with Crippen molar-refractivity contribution in [3.05, 3.63) is 95.4 Å². The molecule has 0 unspecified atom stereocenters. The zero-order chi connectivity index (χ0) is 25.9. The van der Waals surface area contributed by atoms with Gasteiger partial charge in [0.1, 0.15) is 5.82 Å². The molecule has 38 heavy (non-hydrogen) atoms. The van der Waals surface area contributed by atoms with Crippen LogP contribution in [0.3, 0.4) is 0 Å². The molecule has 6 nitrogen and oxygen atoms in total. The molecular weight excluding hydrogens is 479 g/mol. The van der Waals surface area contributed by atoms with Gasteiger partial charge >= 0.3 is 0 Å². The number of benzene rings is 3. The van der Waals surface area contributed by atoms with Crippen LogP contribution in [0.1, 0.15) is 21.5 Å². The van der Waals surface area contributed by atoms with Crippen LogP contribution in [0.25, 0.3) is 16.6 Å². The van der Waals surface area contributed by atoms with Gasteiger partial charge in [0.25, 0.3) is 5.91 Å². The number of aryl methyl sites for hydroxylation is 1. The van der Waals surface area contributed by atoms with E-state index < -0.39 is 0 Å². The Labute approximate surface area is 221 Å². The van der Waals surface area contributed by atoms with E-state index in [1.165, 1.54) is 23.3 Å². The number of fused-ring (bicyclic) bond motifs is 2. The maximum Gasteiger partial charge on any atom is 0.253 e. The Bertz CT molecular complexity index is 1500. The van der Waals surface area contributed by atoms with Gasteiger partial charge in [-0.2, -0.15) is 5.10 Å². The fourth-order valence-electron chi connectivity index (χ4n) is 6.97. The first-order valence-corrected chi connectivity index (χ1v) is 13.4. The molecule has 7 rings (SSSR count). The van der Waals surface area contributed by atoms with Crippen LogP contribution in [0.15, 0.2) is 72.9 Å². The summed E-state index contributed by atoms with van der Waals surface area (Å²) < 4.78 is 21.0. The average Bonchev–Trinajstić information content (AvgIpc) is 3.25. The molecule has 194 valence electrons. The summed E-state index contributed by atoms with van der Waals surface area (Å²) in [5, 5.41) is 5.71. The molecule has 1 aromatic heterocycles. The van der Waals surface area contributed by atoms with E-state index in [1.807, 2.05) is 41.2 Å². The number of halogens is 1. The standard InChI is InChI=1S/C31H31FN4O2/c1-21-15-29-23(17-33-36(29)25-9-7-24(32)8-10-25)16-26(21)31-20-35(30(37)22-5-3-2-4-6-22)19-28(31)27(31)18-34-11-13-38-14-12-34/h2-10,15-17,27-28H,11-14,18-20H2,1H3/t27-,28-,31-/m0/s1. The van der Waals surface area contributed by atoms with Crippen molar-refractivity contribution < 1.29 is 13.9 Å². The number of likely N-dealkylation sites (tertiary alicyclic amines) is 1. The molecule has 0 radical (unpaired) electrons. The molecule has 0 spiro atoms. The van der Waals surface area contributed by atoms with Gasteiger partial charge in [0.15, 0.2) is 0 Å². The van der Waals surface area contributed by atoms with Crippen molar-refractivity contribution >= 4 is 16.8 Å². The Morgan fingerprint density at radius 2 is 1.84 bits per heavy atom. The highest BCUT2D eigenvalue weighted by Gasteiger charge is 2.70. The molecule has 3 heterocycles. The van der Waals surface area contributed by atoms with Gasteiger partial charge in [-0.15, -0.1) is 0 Å². The zero-order valence-corrected chi connectivity index (χ0v) is 21.5. The maximum atomic E-state index is 13.5. The molecule has 2 saturated heterocycles. The smallest absolute Gasteiger partial charge is 0.253 e. The minimum Gasteiger partial charge on any atom is -0.379 e. The number of aromatic nitrogens is 2. The predicted octanol–water partition coefficient (Wildman–Crippen LogP) is 4.45. The third-order valence-electron chi connectivity index (χ3n) is 8.92. The highest BCUT2D eigenvalue weighted by molar-refractivity contribution is 5.95. The van der Waals surface area contributed by atoms with Crippen LogP contribution in [0.2, 0.25) is 0 Å². The third kappa shape index (κ3) is 3.76. The molecule has 1 amide bonds. The van der Waals surface area contributed by atoms with Crippen LogP contribution in [0.5, 0.6) is 0 Å². The lowest BCUT2D eigenvalue weighted by Gasteiger charge is -2.30. The highest BCUT2D eigenvalue weighted by Crippen LogP contribution is 2.65. The van der Waals surface area contributed by atoms with Crippen molar-refractivity contribution in [2.45, 2.75) is 12.3 Å². The van der Waals surface area contributed by atoms with E-state index in [0.717, 1.165) is 68.1 Å². The molecule has 7 heteroatoms. The molecule has 3 fully saturated rings. The number of amides is 1. The van der Waals surface area contributed by atoms with E-state index in [2.05, 4.69) is 34.0 Å². The average molecular weight is 511 g/mol. The Morgan fingerprint density at radius 1 is 1.08 bits per heavy atom. The molecule has 3 aromatic carbocycles. The van der Waals surface area contributed by atoms with Crippen molar-refractivity contribution in [3.63, 3.8) is 0 Å². The number of morpholine rings is 1. The minimum absolute atomic E-state index is 0.0566.